The summed E-state index contributed by atoms with van der Waals surface area (Å²) in [6.07, 6.45) is 1.36. The quantitative estimate of drug-likeness (QED) is 0.386. The van der Waals surface area contributed by atoms with Crippen molar-refractivity contribution in [3.63, 3.8) is 0 Å². The van der Waals surface area contributed by atoms with Gasteiger partial charge in [0.25, 0.3) is 0 Å². The summed E-state index contributed by atoms with van der Waals surface area (Å²) in [5.74, 6) is -2.96. The van der Waals surface area contributed by atoms with Crippen LogP contribution in [0.15, 0.2) is 11.6 Å². The number of allylic oxidation sites excluding steroid dienone is 2. The number of Topliss-reactive ketones (excluding diaryl/α,β-unsaturated/α-hetero) is 2. The number of carbonyl (C=O) groups is 3. The summed E-state index contributed by atoms with van der Waals surface area (Å²) < 4.78 is 40.5. The lowest BCUT2D eigenvalue weighted by Crippen LogP contribution is -2.72. The highest BCUT2D eigenvalue weighted by molar-refractivity contribution is 6.04. The van der Waals surface area contributed by atoms with Gasteiger partial charge in [-0.05, 0) is 84.4 Å². The lowest BCUT2D eigenvalue weighted by molar-refractivity contribution is -0.218. The molecule has 0 aromatic rings. The average molecular weight is 561 g/mol. The molecule has 0 spiro atoms. The van der Waals surface area contributed by atoms with E-state index in [1.165, 1.54) is 0 Å². The van der Waals surface area contributed by atoms with Gasteiger partial charge < -0.3 is 5.32 Å². The van der Waals surface area contributed by atoms with Gasteiger partial charge >= 0.3 is 12.1 Å². The molecule has 0 saturated heterocycles. The fraction of sp³-hybridized carbons (Fsp3) is 0.812. The van der Waals surface area contributed by atoms with E-state index in [1.807, 2.05) is 19.9 Å². The van der Waals surface area contributed by atoms with Gasteiger partial charge in [0.2, 0.25) is 0 Å². The number of rotatable bonds is 1. The fourth-order valence-electron chi connectivity index (χ4n) is 10.8. The van der Waals surface area contributed by atoms with Crippen LogP contribution in [0.2, 0.25) is 0 Å². The van der Waals surface area contributed by atoms with Crippen molar-refractivity contribution in [1.29, 1.82) is 5.26 Å². The van der Waals surface area contributed by atoms with Gasteiger partial charge in [0, 0.05) is 23.3 Å². The Morgan fingerprint density at radius 2 is 1.57 bits per heavy atom. The van der Waals surface area contributed by atoms with Gasteiger partial charge in [-0.25, -0.2) is 0 Å². The molecule has 4 saturated carbocycles. The molecule has 5 aliphatic carbocycles. The highest BCUT2D eigenvalue weighted by atomic mass is 19.4. The number of nitrogens with zero attached hydrogens (tertiary/aromatic N) is 1. The van der Waals surface area contributed by atoms with Gasteiger partial charge in [-0.1, -0.05) is 54.5 Å². The number of nitrogens with one attached hydrogen (secondary N) is 1. The Balaban J connectivity index is 1.61. The summed E-state index contributed by atoms with van der Waals surface area (Å²) in [5.41, 5.74) is -3.13. The molecule has 8 heteroatoms. The Hall–Kier alpha value is -2.17. The molecule has 0 radical (unpaired) electrons. The Morgan fingerprint density at radius 1 is 0.950 bits per heavy atom. The van der Waals surface area contributed by atoms with Crippen molar-refractivity contribution in [2.75, 3.05) is 0 Å². The molecular weight excluding hydrogens is 517 g/mol. The first-order valence-corrected chi connectivity index (χ1v) is 14.8. The minimum atomic E-state index is -4.98. The molecule has 1 amide bonds. The van der Waals surface area contributed by atoms with Crippen LogP contribution in [0.5, 0.6) is 0 Å². The molecule has 220 valence electrons. The molecule has 5 aliphatic rings. The van der Waals surface area contributed by atoms with Crippen molar-refractivity contribution in [3.8, 4) is 6.07 Å². The molecule has 0 aromatic carbocycles. The fourth-order valence-corrected chi connectivity index (χ4v) is 10.8. The number of ketones is 2. The van der Waals surface area contributed by atoms with Crippen LogP contribution in [-0.4, -0.2) is 29.2 Å². The maximum Gasteiger partial charge on any atom is 0.471 e. The number of hydrogen-bond acceptors (Lipinski definition) is 4. The van der Waals surface area contributed by atoms with Gasteiger partial charge in [0.1, 0.15) is 11.9 Å². The first kappa shape index (κ1) is 29.3. The topological polar surface area (TPSA) is 87.0 Å². The Labute approximate surface area is 235 Å². The second kappa shape index (κ2) is 8.44. The van der Waals surface area contributed by atoms with Crippen LogP contribution in [0.3, 0.4) is 0 Å². The molecule has 0 unspecified atom stereocenters. The molecule has 8 atom stereocenters. The maximum absolute atomic E-state index is 14.4. The summed E-state index contributed by atoms with van der Waals surface area (Å²) in [5, 5.41) is 12.3. The van der Waals surface area contributed by atoms with E-state index in [0.717, 1.165) is 12.8 Å². The van der Waals surface area contributed by atoms with E-state index in [0.29, 0.717) is 32.1 Å². The summed E-state index contributed by atoms with van der Waals surface area (Å²) in [7, 11) is 0. The highest BCUT2D eigenvalue weighted by Gasteiger charge is 2.72. The molecule has 4 fully saturated rings. The average Bonchev–Trinajstić information content (AvgIpc) is 2.83. The third kappa shape index (κ3) is 3.74. The van der Waals surface area contributed by atoms with E-state index in [1.54, 1.807) is 0 Å². The van der Waals surface area contributed by atoms with E-state index in [2.05, 4.69) is 46.0 Å². The van der Waals surface area contributed by atoms with Crippen LogP contribution in [-0.2, 0) is 14.4 Å². The first-order valence-electron chi connectivity index (χ1n) is 14.8. The van der Waals surface area contributed by atoms with Crippen molar-refractivity contribution in [3.05, 3.63) is 11.6 Å². The highest BCUT2D eigenvalue weighted by Crippen LogP contribution is 2.74. The van der Waals surface area contributed by atoms with Crippen molar-refractivity contribution < 1.29 is 27.6 Å². The monoisotopic (exact) mass is 560 g/mol. The Bertz CT molecular complexity index is 1240. The van der Waals surface area contributed by atoms with Crippen LogP contribution in [0.1, 0.15) is 99.8 Å². The van der Waals surface area contributed by atoms with Crippen molar-refractivity contribution >= 4 is 17.5 Å². The molecule has 0 aliphatic heterocycles. The molecule has 0 aromatic heterocycles. The largest absolute Gasteiger partial charge is 0.471 e. The third-order valence-corrected chi connectivity index (χ3v) is 13.1. The summed E-state index contributed by atoms with van der Waals surface area (Å²) in [4.78, 5) is 40.0. The molecular formula is C32H43F3N2O3. The third-order valence-electron chi connectivity index (χ3n) is 13.1. The number of nitriles is 1. The standard InChI is InChI=1S/C32H43F3N2O3/c1-26(2)10-12-31(37-25(40)32(33,34)35)13-11-30(7)23(19(31)16-26)20(38)14-22-28(5)15-18(17-36)24(39)27(3,4)21(28)8-9-29(22,30)6/h15,19,21-23H,8-14,16H2,1-7H3,(H,37,40)/t19-,21+,22-,23+,28+,29-,30-,31+/m1/s1. The summed E-state index contributed by atoms with van der Waals surface area (Å²) >= 11 is 0. The predicted octanol–water partition coefficient (Wildman–Crippen LogP) is 6.72. The van der Waals surface area contributed by atoms with Gasteiger partial charge in [0.15, 0.2) is 5.78 Å². The number of halogens is 3. The van der Waals surface area contributed by atoms with Gasteiger partial charge in [-0.3, -0.25) is 14.4 Å². The van der Waals surface area contributed by atoms with Crippen LogP contribution in [0.25, 0.3) is 0 Å². The summed E-state index contributed by atoms with van der Waals surface area (Å²) in [6, 6.07) is 2.13. The molecule has 0 bridgehead atoms. The van der Waals surface area contributed by atoms with Crippen molar-refractivity contribution in [1.82, 2.24) is 5.32 Å². The lowest BCUT2D eigenvalue weighted by atomic mass is 9.32. The van der Waals surface area contributed by atoms with Gasteiger partial charge in [-0.2, -0.15) is 18.4 Å². The Morgan fingerprint density at radius 3 is 2.17 bits per heavy atom. The molecule has 5 rings (SSSR count). The van der Waals surface area contributed by atoms with E-state index in [9.17, 15) is 32.8 Å². The zero-order valence-corrected chi connectivity index (χ0v) is 24.8. The minimum Gasteiger partial charge on any atom is -0.343 e. The van der Waals surface area contributed by atoms with E-state index in [4.69, 9.17) is 0 Å². The minimum absolute atomic E-state index is 0.0157. The lowest BCUT2D eigenvalue weighted by Gasteiger charge is -2.72. The number of amides is 1. The van der Waals surface area contributed by atoms with Crippen LogP contribution >= 0.6 is 0 Å². The molecule has 5 nitrogen and oxygen atoms in total. The van der Waals surface area contributed by atoms with Crippen LogP contribution in [0, 0.1) is 62.1 Å². The first-order chi connectivity index (χ1) is 18.2. The smallest absolute Gasteiger partial charge is 0.343 e. The zero-order chi connectivity index (χ0) is 29.9. The number of hydrogen-bond donors (Lipinski definition) is 1. The zero-order valence-electron chi connectivity index (χ0n) is 24.8. The second-order valence-corrected chi connectivity index (χ2v) is 15.8. The Kier molecular flexibility index (Phi) is 6.19. The molecule has 1 N–H and O–H groups in total. The normalized spacial score (nSPS) is 45.6. The van der Waals surface area contributed by atoms with Gasteiger partial charge in [-0.15, -0.1) is 0 Å². The van der Waals surface area contributed by atoms with E-state index in [-0.39, 0.29) is 52.1 Å². The van der Waals surface area contributed by atoms with E-state index < -0.39 is 39.8 Å². The van der Waals surface area contributed by atoms with Crippen molar-refractivity contribution in [2.24, 2.45) is 50.7 Å². The molecule has 0 heterocycles. The second-order valence-electron chi connectivity index (χ2n) is 15.8. The van der Waals surface area contributed by atoms with Crippen LogP contribution < -0.4 is 5.32 Å². The SMILES string of the molecule is CC1(C)CC[C@]2(NC(=O)C(F)(F)F)CC[C@]3(C)[C@H](C(=O)C[C@@H]4[C@@]5(C)C=C(C#N)C(=O)C(C)(C)[C@@H]5CC[C@]43C)[C@H]2C1. The van der Waals surface area contributed by atoms with Crippen molar-refractivity contribution in [2.45, 2.75) is 112 Å². The van der Waals surface area contributed by atoms with Crippen LogP contribution in [0.4, 0.5) is 13.2 Å². The molecule has 40 heavy (non-hydrogen) atoms. The number of fused-ring (bicyclic) bond motifs is 7. The predicted molar refractivity (Wildman–Crippen MR) is 143 cm³/mol. The van der Waals surface area contributed by atoms with E-state index >= 15 is 0 Å². The summed E-state index contributed by atoms with van der Waals surface area (Å²) in [6.45, 7) is 14.6. The number of carbonyl (C=O) groups excluding carboxylic acids is 3. The number of alkyl halides is 3. The maximum atomic E-state index is 14.4. The van der Waals surface area contributed by atoms with Gasteiger partial charge in [0.05, 0.1) is 5.57 Å².